The molecule has 5 nitrogen and oxygen atoms in total. The van der Waals surface area contributed by atoms with Crippen molar-refractivity contribution in [3.63, 3.8) is 0 Å². The lowest BCUT2D eigenvalue weighted by Crippen LogP contribution is -2.27. The number of hydrogen-bond donors (Lipinski definition) is 0. The lowest BCUT2D eigenvalue weighted by molar-refractivity contribution is 0.0743. The molecule has 144 valence electrons. The van der Waals surface area contributed by atoms with Gasteiger partial charge in [-0.25, -0.2) is 4.98 Å². The van der Waals surface area contributed by atoms with E-state index in [2.05, 4.69) is 18.7 Å². The third kappa shape index (κ3) is 5.83. The molecular weight excluding hydrogens is 346 g/mol. The van der Waals surface area contributed by atoms with E-state index in [4.69, 9.17) is 9.72 Å². The SMILES string of the molecule is CCN(CC)CCSc1nc2ccccc2c(=O)n1CCCOC(C)C. The Kier molecular flexibility index (Phi) is 8.62. The van der Waals surface area contributed by atoms with Crippen LogP contribution in [0.5, 0.6) is 0 Å². The van der Waals surface area contributed by atoms with Crippen molar-refractivity contribution >= 4 is 22.7 Å². The van der Waals surface area contributed by atoms with Crippen molar-refractivity contribution in [2.45, 2.75) is 51.9 Å². The van der Waals surface area contributed by atoms with Crippen LogP contribution < -0.4 is 5.56 Å². The molecule has 0 aliphatic carbocycles. The highest BCUT2D eigenvalue weighted by molar-refractivity contribution is 7.99. The molecule has 0 saturated heterocycles. The van der Waals surface area contributed by atoms with E-state index in [1.54, 1.807) is 11.8 Å². The number of thioether (sulfide) groups is 1. The number of nitrogens with zero attached hydrogens (tertiary/aromatic N) is 3. The van der Waals surface area contributed by atoms with Crippen LogP contribution in [0.4, 0.5) is 0 Å². The van der Waals surface area contributed by atoms with E-state index in [1.807, 2.05) is 42.7 Å². The summed E-state index contributed by atoms with van der Waals surface area (Å²) >= 11 is 1.67. The Bertz CT molecular complexity index is 741. The fourth-order valence-electron chi connectivity index (χ4n) is 2.80. The summed E-state index contributed by atoms with van der Waals surface area (Å²) in [5.41, 5.74) is 0.822. The summed E-state index contributed by atoms with van der Waals surface area (Å²) in [5.74, 6) is 0.926. The number of aromatic nitrogens is 2. The van der Waals surface area contributed by atoms with Crippen molar-refractivity contribution in [2.75, 3.05) is 32.0 Å². The molecule has 0 bridgehead atoms. The average Bonchev–Trinajstić information content (AvgIpc) is 2.64. The van der Waals surface area contributed by atoms with E-state index in [0.29, 0.717) is 18.5 Å². The average molecular weight is 378 g/mol. The molecule has 2 aromatic rings. The summed E-state index contributed by atoms with van der Waals surface area (Å²) in [5, 5.41) is 1.50. The van der Waals surface area contributed by atoms with Crippen LogP contribution in [0.25, 0.3) is 10.9 Å². The van der Waals surface area contributed by atoms with E-state index in [1.165, 1.54) is 0 Å². The first-order valence-corrected chi connectivity index (χ1v) is 10.5. The molecule has 1 aromatic carbocycles. The van der Waals surface area contributed by atoms with Gasteiger partial charge in [0.05, 0.1) is 17.0 Å². The van der Waals surface area contributed by atoms with Gasteiger partial charge >= 0.3 is 0 Å². The zero-order chi connectivity index (χ0) is 18.9. The van der Waals surface area contributed by atoms with Gasteiger partial charge in [0.1, 0.15) is 0 Å². The van der Waals surface area contributed by atoms with Crippen molar-refractivity contribution in [3.8, 4) is 0 Å². The van der Waals surface area contributed by atoms with Crippen LogP contribution in [0.1, 0.15) is 34.1 Å². The van der Waals surface area contributed by atoms with Crippen molar-refractivity contribution in [1.82, 2.24) is 14.5 Å². The first-order chi connectivity index (χ1) is 12.6. The van der Waals surface area contributed by atoms with Gasteiger partial charge in [-0.15, -0.1) is 0 Å². The Hall–Kier alpha value is -1.37. The smallest absolute Gasteiger partial charge is 0.262 e. The Morgan fingerprint density at radius 1 is 1.23 bits per heavy atom. The van der Waals surface area contributed by atoms with Crippen LogP contribution in [0, 0.1) is 0 Å². The molecule has 6 heteroatoms. The summed E-state index contributed by atoms with van der Waals surface area (Å²) in [6.07, 6.45) is 1.02. The summed E-state index contributed by atoms with van der Waals surface area (Å²) in [7, 11) is 0. The molecule has 0 spiro atoms. The number of fused-ring (bicyclic) bond motifs is 1. The van der Waals surface area contributed by atoms with Crippen LogP contribution in [0.15, 0.2) is 34.2 Å². The van der Waals surface area contributed by atoms with E-state index in [-0.39, 0.29) is 11.7 Å². The van der Waals surface area contributed by atoms with Gasteiger partial charge in [0.25, 0.3) is 5.56 Å². The van der Waals surface area contributed by atoms with Crippen molar-refractivity contribution < 1.29 is 4.74 Å². The lowest BCUT2D eigenvalue weighted by atomic mass is 10.2. The molecule has 1 heterocycles. The second-order valence-electron chi connectivity index (χ2n) is 6.52. The van der Waals surface area contributed by atoms with Crippen LogP contribution >= 0.6 is 11.8 Å². The predicted octanol–water partition coefficient (Wildman–Crippen LogP) is 3.65. The zero-order valence-electron chi connectivity index (χ0n) is 16.4. The molecule has 0 fully saturated rings. The van der Waals surface area contributed by atoms with Crippen LogP contribution in [0.3, 0.4) is 0 Å². The minimum atomic E-state index is 0.0467. The molecule has 0 atom stereocenters. The molecule has 2 rings (SSSR count). The van der Waals surface area contributed by atoms with Crippen LogP contribution in [-0.4, -0.2) is 52.5 Å². The molecule has 0 N–H and O–H groups in total. The minimum absolute atomic E-state index is 0.0467. The quantitative estimate of drug-likeness (QED) is 0.340. The number of rotatable bonds is 11. The second kappa shape index (κ2) is 10.7. The number of hydrogen-bond acceptors (Lipinski definition) is 5. The first-order valence-electron chi connectivity index (χ1n) is 9.53. The van der Waals surface area contributed by atoms with Gasteiger partial charge in [-0.3, -0.25) is 9.36 Å². The topological polar surface area (TPSA) is 47.4 Å². The largest absolute Gasteiger partial charge is 0.379 e. The van der Waals surface area contributed by atoms with E-state index >= 15 is 0 Å². The highest BCUT2D eigenvalue weighted by Crippen LogP contribution is 2.18. The van der Waals surface area contributed by atoms with Gasteiger partial charge in [0.15, 0.2) is 5.16 Å². The van der Waals surface area contributed by atoms with Gasteiger partial charge < -0.3 is 9.64 Å². The number of benzene rings is 1. The molecule has 0 amide bonds. The van der Waals surface area contributed by atoms with Gasteiger partial charge in [0.2, 0.25) is 0 Å². The Morgan fingerprint density at radius 3 is 2.65 bits per heavy atom. The zero-order valence-corrected chi connectivity index (χ0v) is 17.2. The van der Waals surface area contributed by atoms with Crippen LogP contribution in [0.2, 0.25) is 0 Å². The van der Waals surface area contributed by atoms with Gasteiger partial charge in [-0.05, 0) is 45.5 Å². The van der Waals surface area contributed by atoms with E-state index in [9.17, 15) is 4.79 Å². The molecule has 26 heavy (non-hydrogen) atoms. The maximum Gasteiger partial charge on any atom is 0.262 e. The van der Waals surface area contributed by atoms with Gasteiger partial charge in [-0.1, -0.05) is 37.7 Å². The fourth-order valence-corrected chi connectivity index (χ4v) is 3.83. The molecule has 0 unspecified atom stereocenters. The maximum absolute atomic E-state index is 12.9. The molecular formula is C20H31N3O2S. The Labute approximate surface area is 160 Å². The number of para-hydroxylation sites is 1. The predicted molar refractivity (Wildman–Crippen MR) is 110 cm³/mol. The third-order valence-corrected chi connectivity index (χ3v) is 5.29. The van der Waals surface area contributed by atoms with E-state index < -0.39 is 0 Å². The number of ether oxygens (including phenoxy) is 1. The summed E-state index contributed by atoms with van der Waals surface area (Å²) < 4.78 is 7.44. The summed E-state index contributed by atoms with van der Waals surface area (Å²) in [6.45, 7) is 12.8. The monoisotopic (exact) mass is 377 g/mol. The molecule has 1 aromatic heterocycles. The Balaban J connectivity index is 2.18. The normalized spacial score (nSPS) is 11.8. The molecule has 0 radical (unpaired) electrons. The second-order valence-corrected chi connectivity index (χ2v) is 7.58. The summed E-state index contributed by atoms with van der Waals surface area (Å²) in [4.78, 5) is 20.1. The fraction of sp³-hybridized carbons (Fsp3) is 0.600. The highest BCUT2D eigenvalue weighted by atomic mass is 32.2. The van der Waals surface area contributed by atoms with Gasteiger partial charge in [-0.2, -0.15) is 0 Å². The van der Waals surface area contributed by atoms with Crippen molar-refractivity contribution in [2.24, 2.45) is 0 Å². The molecule has 0 aliphatic rings. The standard InChI is InChI=1S/C20H31N3O2S/c1-5-22(6-2)13-15-26-20-21-18-11-8-7-10-17(18)19(24)23(20)12-9-14-25-16(3)4/h7-8,10-11,16H,5-6,9,12-15H2,1-4H3. The van der Waals surface area contributed by atoms with Crippen LogP contribution in [-0.2, 0) is 11.3 Å². The third-order valence-electron chi connectivity index (χ3n) is 4.34. The summed E-state index contributed by atoms with van der Waals surface area (Å²) in [6, 6.07) is 7.60. The van der Waals surface area contributed by atoms with Crippen molar-refractivity contribution in [3.05, 3.63) is 34.6 Å². The van der Waals surface area contributed by atoms with Gasteiger partial charge in [0, 0.05) is 25.4 Å². The minimum Gasteiger partial charge on any atom is -0.379 e. The molecule has 0 saturated carbocycles. The van der Waals surface area contributed by atoms with E-state index in [0.717, 1.165) is 42.5 Å². The van der Waals surface area contributed by atoms with Crippen molar-refractivity contribution in [1.29, 1.82) is 0 Å². The maximum atomic E-state index is 12.9. The Morgan fingerprint density at radius 2 is 1.96 bits per heavy atom. The highest BCUT2D eigenvalue weighted by Gasteiger charge is 2.12. The lowest BCUT2D eigenvalue weighted by Gasteiger charge is -2.18. The first kappa shape index (κ1) is 20.9. The molecule has 0 aliphatic heterocycles.